The number of hydrogen-bond acceptors (Lipinski definition) is 1. The summed E-state index contributed by atoms with van der Waals surface area (Å²) in [6.45, 7) is 0. The molecule has 2 rings (SSSR count). The lowest BCUT2D eigenvalue weighted by atomic mass is 10.2. The molecule has 3 heteroatoms. The van der Waals surface area contributed by atoms with E-state index in [1.165, 1.54) is 0 Å². The number of fused-ring (bicyclic) bond motifs is 1. The van der Waals surface area contributed by atoms with Gasteiger partial charge in [-0.25, -0.2) is 0 Å². The van der Waals surface area contributed by atoms with Gasteiger partial charge in [-0.1, -0.05) is 27.4 Å². The molecular formula is C9H8NOP. The zero-order valence-electron chi connectivity index (χ0n) is 6.37. The zero-order valence-corrected chi connectivity index (χ0v) is 7.53. The summed E-state index contributed by atoms with van der Waals surface area (Å²) in [4.78, 5) is 14.1. The van der Waals surface area contributed by atoms with Crippen molar-refractivity contribution in [2.24, 2.45) is 0 Å². The summed E-state index contributed by atoms with van der Waals surface area (Å²) in [5, 5.41) is 0.984. The second-order valence-corrected chi connectivity index (χ2v) is 3.14. The SMILES string of the molecule is O=C(P)c1c[nH]c2ccccc12. The number of rotatable bonds is 1. The third-order valence-corrected chi connectivity index (χ3v) is 2.17. The van der Waals surface area contributed by atoms with Crippen molar-refractivity contribution in [1.29, 1.82) is 0 Å². The normalized spacial score (nSPS) is 10.4. The number of para-hydroxylation sites is 1. The molecule has 2 aromatic rings. The highest BCUT2D eigenvalue weighted by Gasteiger charge is 2.05. The topological polar surface area (TPSA) is 32.9 Å². The molecule has 60 valence electrons. The van der Waals surface area contributed by atoms with E-state index in [9.17, 15) is 4.79 Å². The van der Waals surface area contributed by atoms with Crippen molar-refractivity contribution in [1.82, 2.24) is 4.98 Å². The fraction of sp³-hybridized carbons (Fsp3) is 0. The Hall–Kier alpha value is -1.14. The van der Waals surface area contributed by atoms with E-state index in [4.69, 9.17) is 0 Å². The van der Waals surface area contributed by atoms with E-state index < -0.39 is 0 Å². The number of H-pyrrole nitrogens is 1. The predicted octanol–water partition coefficient (Wildman–Crippen LogP) is 2.18. The van der Waals surface area contributed by atoms with Crippen LogP contribution in [0.3, 0.4) is 0 Å². The summed E-state index contributed by atoms with van der Waals surface area (Å²) in [6.07, 6.45) is 1.74. The van der Waals surface area contributed by atoms with Gasteiger partial charge in [-0.15, -0.1) is 0 Å². The Morgan fingerprint density at radius 3 is 2.83 bits per heavy atom. The van der Waals surface area contributed by atoms with Gasteiger partial charge in [0.05, 0.1) is 0 Å². The summed E-state index contributed by atoms with van der Waals surface area (Å²) >= 11 is 0. The molecule has 1 N–H and O–H groups in total. The second kappa shape index (κ2) is 2.72. The largest absolute Gasteiger partial charge is 0.360 e. The molecule has 12 heavy (non-hydrogen) atoms. The minimum Gasteiger partial charge on any atom is -0.360 e. The van der Waals surface area contributed by atoms with Gasteiger partial charge in [0.15, 0.2) is 5.52 Å². The second-order valence-electron chi connectivity index (χ2n) is 2.61. The van der Waals surface area contributed by atoms with Gasteiger partial charge < -0.3 is 4.98 Å². The molecule has 0 saturated heterocycles. The molecular weight excluding hydrogens is 169 g/mol. The molecule has 0 aliphatic heterocycles. The number of carbonyl (C=O) groups excluding carboxylic acids is 1. The van der Waals surface area contributed by atoms with E-state index in [2.05, 4.69) is 14.2 Å². The molecule has 1 aromatic carbocycles. The Kier molecular flexibility index (Phi) is 1.70. The lowest BCUT2D eigenvalue weighted by molar-refractivity contribution is 0.108. The Morgan fingerprint density at radius 2 is 2.08 bits per heavy atom. The number of hydrogen-bond donors (Lipinski definition) is 1. The minimum atomic E-state index is 0.0208. The Bertz CT molecular complexity index is 433. The van der Waals surface area contributed by atoms with Crippen LogP contribution in [0.4, 0.5) is 0 Å². The van der Waals surface area contributed by atoms with Crippen LogP contribution in [0.25, 0.3) is 10.9 Å². The lowest BCUT2D eigenvalue weighted by Crippen LogP contribution is -1.83. The first-order valence-electron chi connectivity index (χ1n) is 3.65. The summed E-state index contributed by atoms with van der Waals surface area (Å²) in [7, 11) is 2.18. The van der Waals surface area contributed by atoms with Crippen molar-refractivity contribution in [2.45, 2.75) is 0 Å². The third kappa shape index (κ3) is 1.05. The van der Waals surface area contributed by atoms with Crippen LogP contribution in [-0.2, 0) is 0 Å². The summed E-state index contributed by atoms with van der Waals surface area (Å²) < 4.78 is 0. The van der Waals surface area contributed by atoms with E-state index >= 15 is 0 Å². The molecule has 0 spiro atoms. The summed E-state index contributed by atoms with van der Waals surface area (Å²) in [6, 6.07) is 7.75. The first-order chi connectivity index (χ1) is 5.79. The van der Waals surface area contributed by atoms with Gasteiger partial charge in [0.2, 0.25) is 0 Å². The van der Waals surface area contributed by atoms with Crippen LogP contribution in [0.2, 0.25) is 0 Å². The monoisotopic (exact) mass is 177 g/mol. The van der Waals surface area contributed by atoms with Crippen molar-refractivity contribution >= 4 is 25.7 Å². The first-order valence-corrected chi connectivity index (χ1v) is 4.22. The highest BCUT2D eigenvalue weighted by atomic mass is 31.0. The van der Waals surface area contributed by atoms with Crippen molar-refractivity contribution in [3.8, 4) is 0 Å². The van der Waals surface area contributed by atoms with Gasteiger partial charge in [0.25, 0.3) is 0 Å². The lowest BCUT2D eigenvalue weighted by Gasteiger charge is -1.90. The molecule has 1 atom stereocenters. The van der Waals surface area contributed by atoms with Crippen LogP contribution < -0.4 is 0 Å². The van der Waals surface area contributed by atoms with Crippen LogP contribution in [-0.4, -0.2) is 10.5 Å². The molecule has 0 aliphatic carbocycles. The maximum absolute atomic E-state index is 11.1. The quantitative estimate of drug-likeness (QED) is 0.665. The molecule has 0 fully saturated rings. The van der Waals surface area contributed by atoms with Gasteiger partial charge in [0.1, 0.15) is 0 Å². The highest BCUT2D eigenvalue weighted by Crippen LogP contribution is 2.19. The van der Waals surface area contributed by atoms with E-state index in [-0.39, 0.29) is 5.52 Å². The summed E-state index contributed by atoms with van der Waals surface area (Å²) in [5.41, 5.74) is 1.76. The third-order valence-electron chi connectivity index (χ3n) is 1.85. The fourth-order valence-corrected chi connectivity index (χ4v) is 1.51. The average Bonchev–Trinajstić information content (AvgIpc) is 2.47. The Morgan fingerprint density at radius 1 is 1.33 bits per heavy atom. The number of nitrogens with one attached hydrogen (secondary N) is 1. The van der Waals surface area contributed by atoms with Crippen molar-refractivity contribution in [3.05, 3.63) is 36.0 Å². The number of aromatic amines is 1. The van der Waals surface area contributed by atoms with Crippen molar-refractivity contribution in [2.75, 3.05) is 0 Å². The van der Waals surface area contributed by atoms with Crippen LogP contribution in [0, 0.1) is 0 Å². The molecule has 0 saturated carbocycles. The molecule has 0 amide bonds. The number of benzene rings is 1. The van der Waals surface area contributed by atoms with Crippen molar-refractivity contribution < 1.29 is 4.79 Å². The fourth-order valence-electron chi connectivity index (χ4n) is 1.28. The minimum absolute atomic E-state index is 0.0208. The van der Waals surface area contributed by atoms with Gasteiger partial charge in [0, 0.05) is 22.7 Å². The predicted molar refractivity (Wildman–Crippen MR) is 52.3 cm³/mol. The average molecular weight is 177 g/mol. The summed E-state index contributed by atoms with van der Waals surface area (Å²) in [5.74, 6) is 0. The molecule has 1 aromatic heterocycles. The van der Waals surface area contributed by atoms with Gasteiger partial charge >= 0.3 is 0 Å². The standard InChI is InChI=1S/C9H8NOP/c11-9(12)7-5-10-8-4-2-1-3-6(7)8/h1-5,10H,12H2. The van der Waals surface area contributed by atoms with Crippen LogP contribution >= 0.6 is 9.24 Å². The van der Waals surface area contributed by atoms with Crippen LogP contribution in [0.15, 0.2) is 30.5 Å². The maximum Gasteiger partial charge on any atom is 0.180 e. The van der Waals surface area contributed by atoms with E-state index in [0.717, 1.165) is 16.5 Å². The smallest absolute Gasteiger partial charge is 0.180 e. The molecule has 0 bridgehead atoms. The number of carbonyl (C=O) groups is 1. The van der Waals surface area contributed by atoms with Crippen LogP contribution in [0.5, 0.6) is 0 Å². The maximum atomic E-state index is 11.1. The number of aromatic nitrogens is 1. The zero-order chi connectivity index (χ0) is 8.55. The first kappa shape index (κ1) is 7.51. The Labute approximate surface area is 72.2 Å². The van der Waals surface area contributed by atoms with E-state index in [0.29, 0.717) is 0 Å². The highest BCUT2D eigenvalue weighted by molar-refractivity contribution is 7.41. The van der Waals surface area contributed by atoms with Gasteiger partial charge in [-0.05, 0) is 6.07 Å². The Balaban J connectivity index is 2.79. The van der Waals surface area contributed by atoms with Gasteiger partial charge in [-0.3, -0.25) is 4.79 Å². The molecule has 1 unspecified atom stereocenters. The molecule has 0 aliphatic rings. The van der Waals surface area contributed by atoms with Gasteiger partial charge in [-0.2, -0.15) is 0 Å². The van der Waals surface area contributed by atoms with E-state index in [1.54, 1.807) is 6.20 Å². The molecule has 0 radical (unpaired) electrons. The van der Waals surface area contributed by atoms with E-state index in [1.807, 2.05) is 24.3 Å². The van der Waals surface area contributed by atoms with Crippen LogP contribution in [0.1, 0.15) is 10.4 Å². The molecule has 2 nitrogen and oxygen atoms in total. The van der Waals surface area contributed by atoms with Crippen molar-refractivity contribution in [3.63, 3.8) is 0 Å². The molecule has 1 heterocycles.